The molecular formula is C9H15N5OS2. The first-order valence-electron chi connectivity index (χ1n) is 4.90. The van der Waals surface area contributed by atoms with E-state index < -0.39 is 0 Å². The summed E-state index contributed by atoms with van der Waals surface area (Å²) in [5.41, 5.74) is 16.6. The average Bonchev–Trinajstić information content (AvgIpc) is 2.64. The molecule has 1 unspecified atom stereocenters. The van der Waals surface area contributed by atoms with Gasteiger partial charge in [0.25, 0.3) is 0 Å². The lowest BCUT2D eigenvalue weighted by Gasteiger charge is -2.04. The largest absolute Gasteiger partial charge is 0.370 e. The molecule has 0 aliphatic carbocycles. The number of aromatic nitrogens is 1. The van der Waals surface area contributed by atoms with Crippen molar-refractivity contribution in [2.24, 2.45) is 28.1 Å². The molecule has 94 valence electrons. The third-order valence-electron chi connectivity index (χ3n) is 1.87. The molecule has 6 N–H and O–H groups in total. The maximum absolute atomic E-state index is 10.8. The summed E-state index contributed by atoms with van der Waals surface area (Å²) in [6.07, 6.45) is 0. The van der Waals surface area contributed by atoms with Gasteiger partial charge in [-0.2, -0.15) is 16.8 Å². The van der Waals surface area contributed by atoms with Crippen LogP contribution < -0.4 is 17.2 Å². The quantitative estimate of drug-likeness (QED) is 0.512. The standard InChI is InChI=1S/C9H15N5OS2/c1-5(7(10)15)2-16-3-6-4-17-9(13-6)14-8(11)12/h4-5H,2-3H2,1H3,(H2,10,15)(H4,11,12,13,14). The first kappa shape index (κ1) is 13.8. The SMILES string of the molecule is CC(CSCc1csc(N=C(N)N)n1)C(N)=O. The number of thioether (sulfide) groups is 1. The smallest absolute Gasteiger partial charge is 0.221 e. The predicted octanol–water partition coefficient (Wildman–Crippen LogP) is 0.403. The van der Waals surface area contributed by atoms with E-state index in [0.29, 0.717) is 16.6 Å². The number of primary amides is 1. The maximum atomic E-state index is 10.8. The Bertz CT molecular complexity index is 413. The lowest BCUT2D eigenvalue weighted by atomic mass is 10.2. The van der Waals surface area contributed by atoms with Gasteiger partial charge in [0.05, 0.1) is 5.69 Å². The van der Waals surface area contributed by atoms with Crippen molar-refractivity contribution in [2.45, 2.75) is 12.7 Å². The van der Waals surface area contributed by atoms with Crippen LogP contribution in [-0.2, 0) is 10.5 Å². The van der Waals surface area contributed by atoms with E-state index in [9.17, 15) is 4.79 Å². The summed E-state index contributed by atoms with van der Waals surface area (Å²) < 4.78 is 0. The van der Waals surface area contributed by atoms with Crippen LogP contribution in [0, 0.1) is 5.92 Å². The van der Waals surface area contributed by atoms with Crippen molar-refractivity contribution >= 4 is 40.1 Å². The molecule has 0 aliphatic rings. The van der Waals surface area contributed by atoms with Crippen molar-refractivity contribution in [3.05, 3.63) is 11.1 Å². The number of hydrogen-bond donors (Lipinski definition) is 3. The molecule has 1 aromatic heterocycles. The average molecular weight is 273 g/mol. The molecule has 8 heteroatoms. The number of carbonyl (C=O) groups excluding carboxylic acids is 1. The first-order chi connectivity index (χ1) is 7.99. The van der Waals surface area contributed by atoms with Crippen molar-refractivity contribution in [3.8, 4) is 0 Å². The minimum Gasteiger partial charge on any atom is -0.370 e. The zero-order valence-corrected chi connectivity index (χ0v) is 11.1. The van der Waals surface area contributed by atoms with Gasteiger partial charge in [0, 0.05) is 22.8 Å². The molecule has 1 heterocycles. The number of carbonyl (C=O) groups is 1. The van der Waals surface area contributed by atoms with Gasteiger partial charge in [0.15, 0.2) is 5.96 Å². The van der Waals surface area contributed by atoms with Crippen molar-refractivity contribution in [3.63, 3.8) is 0 Å². The Kier molecular flexibility index (Phi) is 5.23. The monoisotopic (exact) mass is 273 g/mol. The predicted molar refractivity (Wildman–Crippen MR) is 72.1 cm³/mol. The Morgan fingerprint density at radius 1 is 1.59 bits per heavy atom. The molecule has 0 fully saturated rings. The highest BCUT2D eigenvalue weighted by molar-refractivity contribution is 7.98. The van der Waals surface area contributed by atoms with Gasteiger partial charge < -0.3 is 17.2 Å². The minimum atomic E-state index is -0.281. The van der Waals surface area contributed by atoms with Gasteiger partial charge >= 0.3 is 0 Å². The van der Waals surface area contributed by atoms with E-state index in [1.807, 2.05) is 5.38 Å². The number of hydrogen-bond acceptors (Lipinski definition) is 5. The molecule has 0 saturated heterocycles. The third kappa shape index (κ3) is 5.05. The lowest BCUT2D eigenvalue weighted by Crippen LogP contribution is -2.22. The summed E-state index contributed by atoms with van der Waals surface area (Å²) in [6.45, 7) is 1.81. The van der Waals surface area contributed by atoms with Crippen LogP contribution >= 0.6 is 23.1 Å². The normalized spacial score (nSPS) is 12.1. The van der Waals surface area contributed by atoms with E-state index in [-0.39, 0.29) is 17.8 Å². The zero-order chi connectivity index (χ0) is 12.8. The second-order valence-corrected chi connectivity index (χ2v) is 5.34. The van der Waals surface area contributed by atoms with Crippen molar-refractivity contribution in [1.29, 1.82) is 0 Å². The number of aliphatic imine (C=N–C) groups is 1. The molecule has 1 atom stereocenters. The number of amides is 1. The molecule has 0 spiro atoms. The Morgan fingerprint density at radius 3 is 2.88 bits per heavy atom. The molecule has 0 saturated carbocycles. The number of nitrogens with zero attached hydrogens (tertiary/aromatic N) is 2. The molecule has 0 radical (unpaired) electrons. The summed E-state index contributed by atoms with van der Waals surface area (Å²) >= 11 is 2.99. The van der Waals surface area contributed by atoms with Gasteiger partial charge in [-0.1, -0.05) is 6.92 Å². The minimum absolute atomic E-state index is 0.000837. The number of nitrogens with two attached hydrogens (primary N) is 3. The third-order valence-corrected chi connectivity index (χ3v) is 3.89. The van der Waals surface area contributed by atoms with Crippen LogP contribution in [0.1, 0.15) is 12.6 Å². The van der Waals surface area contributed by atoms with Gasteiger partial charge in [-0.3, -0.25) is 4.79 Å². The van der Waals surface area contributed by atoms with Gasteiger partial charge in [0.2, 0.25) is 11.0 Å². The fraction of sp³-hybridized carbons (Fsp3) is 0.444. The molecular weight excluding hydrogens is 258 g/mol. The van der Waals surface area contributed by atoms with Crippen LogP contribution in [0.4, 0.5) is 5.13 Å². The highest BCUT2D eigenvalue weighted by atomic mass is 32.2. The molecule has 1 aromatic rings. The molecule has 17 heavy (non-hydrogen) atoms. The van der Waals surface area contributed by atoms with Crippen molar-refractivity contribution in [1.82, 2.24) is 4.98 Å². The summed E-state index contributed by atoms with van der Waals surface area (Å²) in [5, 5.41) is 2.44. The lowest BCUT2D eigenvalue weighted by molar-refractivity contribution is -0.120. The number of rotatable bonds is 6. The highest BCUT2D eigenvalue weighted by Crippen LogP contribution is 2.22. The topological polar surface area (TPSA) is 120 Å². The zero-order valence-electron chi connectivity index (χ0n) is 9.42. The van der Waals surface area contributed by atoms with E-state index in [4.69, 9.17) is 17.2 Å². The summed E-state index contributed by atoms with van der Waals surface area (Å²) in [5.74, 6) is 0.993. The Hall–Kier alpha value is -1.28. The van der Waals surface area contributed by atoms with Crippen LogP contribution in [0.2, 0.25) is 0 Å². The Morgan fingerprint density at radius 2 is 2.29 bits per heavy atom. The van der Waals surface area contributed by atoms with Crippen LogP contribution in [0.15, 0.2) is 10.4 Å². The van der Waals surface area contributed by atoms with E-state index in [0.717, 1.165) is 5.69 Å². The van der Waals surface area contributed by atoms with E-state index >= 15 is 0 Å². The van der Waals surface area contributed by atoms with E-state index in [2.05, 4.69) is 9.98 Å². The van der Waals surface area contributed by atoms with Gasteiger partial charge in [0.1, 0.15) is 0 Å². The molecule has 1 amide bonds. The molecule has 1 rings (SSSR count). The van der Waals surface area contributed by atoms with Crippen LogP contribution in [0.25, 0.3) is 0 Å². The van der Waals surface area contributed by atoms with Gasteiger partial charge in [-0.25, -0.2) is 4.98 Å². The fourth-order valence-corrected chi connectivity index (χ4v) is 2.75. The fourth-order valence-electron chi connectivity index (χ4n) is 0.947. The summed E-state index contributed by atoms with van der Waals surface area (Å²) in [6, 6.07) is 0. The number of thiazole rings is 1. The molecule has 0 aliphatic heterocycles. The summed E-state index contributed by atoms with van der Waals surface area (Å²) in [7, 11) is 0. The van der Waals surface area contributed by atoms with Crippen molar-refractivity contribution < 1.29 is 4.79 Å². The summed E-state index contributed by atoms with van der Waals surface area (Å²) in [4.78, 5) is 18.9. The molecule has 0 aromatic carbocycles. The van der Waals surface area contributed by atoms with Gasteiger partial charge in [-0.15, -0.1) is 11.3 Å². The van der Waals surface area contributed by atoms with E-state index in [1.165, 1.54) is 11.3 Å². The molecule has 0 bridgehead atoms. The van der Waals surface area contributed by atoms with Gasteiger partial charge in [-0.05, 0) is 0 Å². The maximum Gasteiger partial charge on any atom is 0.221 e. The van der Waals surface area contributed by atoms with E-state index in [1.54, 1.807) is 18.7 Å². The molecule has 6 nitrogen and oxygen atoms in total. The van der Waals surface area contributed by atoms with Crippen LogP contribution in [0.3, 0.4) is 0 Å². The number of guanidine groups is 1. The Balaban J connectivity index is 2.40. The first-order valence-corrected chi connectivity index (χ1v) is 6.93. The highest BCUT2D eigenvalue weighted by Gasteiger charge is 2.09. The van der Waals surface area contributed by atoms with Crippen molar-refractivity contribution in [2.75, 3.05) is 5.75 Å². The van der Waals surface area contributed by atoms with Crippen LogP contribution in [0.5, 0.6) is 0 Å². The van der Waals surface area contributed by atoms with Crippen LogP contribution in [-0.4, -0.2) is 22.6 Å². The Labute approximate surface area is 108 Å². The second kappa shape index (κ2) is 6.45. The second-order valence-electron chi connectivity index (χ2n) is 3.48.